The van der Waals surface area contributed by atoms with Gasteiger partial charge in [-0.3, -0.25) is 4.98 Å². The molecule has 0 saturated heterocycles. The summed E-state index contributed by atoms with van der Waals surface area (Å²) in [6.45, 7) is 8.25. The number of rotatable bonds is 5. The first-order chi connectivity index (χ1) is 11.2. The number of nitrogens with one attached hydrogen (secondary N) is 1. The Bertz CT molecular complexity index is 668. The van der Waals surface area contributed by atoms with E-state index in [2.05, 4.69) is 41.5 Å². The summed E-state index contributed by atoms with van der Waals surface area (Å²) in [5, 5.41) is 3.57. The summed E-state index contributed by atoms with van der Waals surface area (Å²) < 4.78 is 11.5. The van der Waals surface area contributed by atoms with E-state index in [-0.39, 0.29) is 6.04 Å². The van der Waals surface area contributed by atoms with Gasteiger partial charge >= 0.3 is 0 Å². The maximum Gasteiger partial charge on any atom is 0.161 e. The molecule has 0 amide bonds. The van der Waals surface area contributed by atoms with Crippen LogP contribution in [0.4, 0.5) is 0 Å². The monoisotopic (exact) mass is 312 g/mol. The first-order valence-corrected chi connectivity index (χ1v) is 8.31. The lowest BCUT2D eigenvalue weighted by Crippen LogP contribution is -2.31. The van der Waals surface area contributed by atoms with E-state index >= 15 is 0 Å². The second-order valence-corrected chi connectivity index (χ2v) is 5.76. The van der Waals surface area contributed by atoms with E-state index in [1.54, 1.807) is 0 Å². The van der Waals surface area contributed by atoms with Gasteiger partial charge in [-0.05, 0) is 62.1 Å². The number of aryl methyl sites for hydroxylation is 1. The summed E-state index contributed by atoms with van der Waals surface area (Å²) in [7, 11) is 0. The molecule has 2 aromatic rings. The molecule has 0 radical (unpaired) electrons. The van der Waals surface area contributed by atoms with Gasteiger partial charge in [0, 0.05) is 12.7 Å². The Morgan fingerprint density at radius 3 is 2.52 bits per heavy atom. The number of nitrogens with zero attached hydrogens (tertiary/aromatic N) is 1. The molecule has 4 nitrogen and oxygen atoms in total. The van der Waals surface area contributed by atoms with E-state index in [0.717, 1.165) is 30.2 Å². The van der Waals surface area contributed by atoms with Crippen LogP contribution in [-0.4, -0.2) is 24.7 Å². The van der Waals surface area contributed by atoms with E-state index in [9.17, 15) is 0 Å². The topological polar surface area (TPSA) is 43.4 Å². The number of aromatic nitrogens is 1. The molecule has 1 aromatic heterocycles. The van der Waals surface area contributed by atoms with E-state index in [1.807, 2.05) is 20.0 Å². The molecule has 0 bridgehead atoms. The highest BCUT2D eigenvalue weighted by molar-refractivity contribution is 5.51. The summed E-state index contributed by atoms with van der Waals surface area (Å²) >= 11 is 0. The summed E-state index contributed by atoms with van der Waals surface area (Å²) in [4.78, 5) is 4.60. The van der Waals surface area contributed by atoms with E-state index in [1.165, 1.54) is 16.7 Å². The highest BCUT2D eigenvalue weighted by Crippen LogP contribution is 2.37. The number of hydrogen-bond donors (Lipinski definition) is 1. The second-order valence-electron chi connectivity index (χ2n) is 5.76. The Hall–Kier alpha value is -2.07. The Kier molecular flexibility index (Phi) is 4.82. The highest BCUT2D eigenvalue weighted by Gasteiger charge is 2.24. The van der Waals surface area contributed by atoms with Crippen molar-refractivity contribution in [3.05, 3.63) is 52.8 Å². The molecular formula is C19H24N2O2. The molecule has 1 atom stereocenters. The number of pyridine rings is 1. The average molecular weight is 312 g/mol. The van der Waals surface area contributed by atoms with Gasteiger partial charge in [0.25, 0.3) is 0 Å². The van der Waals surface area contributed by atoms with Crippen molar-refractivity contribution in [1.82, 2.24) is 10.3 Å². The molecule has 1 aliphatic rings. The number of fused-ring (bicyclic) bond motifs is 1. The first kappa shape index (κ1) is 15.8. The fraction of sp³-hybridized carbons (Fsp3) is 0.421. The third kappa shape index (κ3) is 3.32. The van der Waals surface area contributed by atoms with Crippen LogP contribution in [0.15, 0.2) is 30.5 Å². The number of benzene rings is 1. The van der Waals surface area contributed by atoms with Gasteiger partial charge in [0.2, 0.25) is 0 Å². The average Bonchev–Trinajstić information content (AvgIpc) is 2.56. The van der Waals surface area contributed by atoms with Gasteiger partial charge in [-0.15, -0.1) is 0 Å². The highest BCUT2D eigenvalue weighted by atomic mass is 16.5. The quantitative estimate of drug-likeness (QED) is 0.918. The molecule has 0 saturated carbocycles. The van der Waals surface area contributed by atoms with Gasteiger partial charge in [0.05, 0.1) is 24.9 Å². The zero-order valence-electron chi connectivity index (χ0n) is 14.1. The van der Waals surface area contributed by atoms with Crippen LogP contribution in [0.2, 0.25) is 0 Å². The van der Waals surface area contributed by atoms with Gasteiger partial charge in [0.1, 0.15) is 0 Å². The normalized spacial score (nSPS) is 16.7. The van der Waals surface area contributed by atoms with Gasteiger partial charge in [0.15, 0.2) is 11.5 Å². The molecule has 0 spiro atoms. The predicted octanol–water partition coefficient (Wildman–Crippen LogP) is 3.42. The molecule has 0 aliphatic carbocycles. The third-order valence-electron chi connectivity index (χ3n) is 4.09. The van der Waals surface area contributed by atoms with Gasteiger partial charge in [-0.2, -0.15) is 0 Å². The van der Waals surface area contributed by atoms with Crippen LogP contribution in [0.1, 0.15) is 42.3 Å². The predicted molar refractivity (Wildman–Crippen MR) is 91.3 cm³/mol. The van der Waals surface area contributed by atoms with Crippen LogP contribution in [0, 0.1) is 6.92 Å². The molecule has 1 unspecified atom stereocenters. The fourth-order valence-corrected chi connectivity index (χ4v) is 3.01. The van der Waals surface area contributed by atoms with Crippen LogP contribution in [0.25, 0.3) is 0 Å². The second kappa shape index (κ2) is 7.01. The van der Waals surface area contributed by atoms with Gasteiger partial charge < -0.3 is 14.8 Å². The van der Waals surface area contributed by atoms with E-state index in [0.29, 0.717) is 13.2 Å². The van der Waals surface area contributed by atoms with Crippen molar-refractivity contribution >= 4 is 0 Å². The smallest absolute Gasteiger partial charge is 0.161 e. The first-order valence-electron chi connectivity index (χ1n) is 8.31. The summed E-state index contributed by atoms with van der Waals surface area (Å²) in [5.74, 6) is 1.65. The van der Waals surface area contributed by atoms with Crippen molar-refractivity contribution in [3.63, 3.8) is 0 Å². The number of ether oxygens (including phenoxy) is 2. The van der Waals surface area contributed by atoms with Gasteiger partial charge in [-0.1, -0.05) is 6.07 Å². The Morgan fingerprint density at radius 2 is 1.87 bits per heavy atom. The summed E-state index contributed by atoms with van der Waals surface area (Å²) in [5.41, 5.74) is 4.76. The fourth-order valence-electron chi connectivity index (χ4n) is 3.01. The van der Waals surface area contributed by atoms with Gasteiger partial charge in [-0.25, -0.2) is 0 Å². The van der Waals surface area contributed by atoms with Crippen molar-refractivity contribution in [2.24, 2.45) is 0 Å². The standard InChI is InChI=1S/C19H24N2O2/c1-4-22-17-10-14-8-9-20-19(15(14)11-18(17)23-5-2)16-7-6-13(3)12-21-16/h6-7,10-12,19-20H,4-5,8-9H2,1-3H3. The lowest BCUT2D eigenvalue weighted by Gasteiger charge is -2.28. The molecule has 4 heteroatoms. The minimum absolute atomic E-state index is 0.106. The molecule has 3 rings (SSSR count). The molecule has 23 heavy (non-hydrogen) atoms. The SMILES string of the molecule is CCOc1cc2c(cc1OCC)C(c1ccc(C)cn1)NCC2. The third-order valence-corrected chi connectivity index (χ3v) is 4.09. The molecule has 2 heterocycles. The lowest BCUT2D eigenvalue weighted by atomic mass is 9.91. The van der Waals surface area contributed by atoms with Crippen LogP contribution >= 0.6 is 0 Å². The Labute approximate surface area is 137 Å². The minimum Gasteiger partial charge on any atom is -0.490 e. The van der Waals surface area contributed by atoms with Crippen molar-refractivity contribution in [2.45, 2.75) is 33.2 Å². The summed E-state index contributed by atoms with van der Waals surface area (Å²) in [6, 6.07) is 8.55. The van der Waals surface area contributed by atoms with Crippen molar-refractivity contribution < 1.29 is 9.47 Å². The Morgan fingerprint density at radius 1 is 1.13 bits per heavy atom. The van der Waals surface area contributed by atoms with Crippen molar-refractivity contribution in [1.29, 1.82) is 0 Å². The largest absolute Gasteiger partial charge is 0.490 e. The minimum atomic E-state index is 0.106. The maximum atomic E-state index is 5.79. The molecule has 0 fully saturated rings. The molecule has 1 aliphatic heterocycles. The van der Waals surface area contributed by atoms with E-state index in [4.69, 9.17) is 9.47 Å². The molecule has 1 N–H and O–H groups in total. The Balaban J connectivity index is 2.02. The summed E-state index contributed by atoms with van der Waals surface area (Å²) in [6.07, 6.45) is 2.91. The van der Waals surface area contributed by atoms with Crippen molar-refractivity contribution in [3.8, 4) is 11.5 Å². The van der Waals surface area contributed by atoms with Crippen LogP contribution in [0.3, 0.4) is 0 Å². The molecule has 122 valence electrons. The van der Waals surface area contributed by atoms with Crippen LogP contribution in [0.5, 0.6) is 11.5 Å². The van der Waals surface area contributed by atoms with Crippen molar-refractivity contribution in [2.75, 3.05) is 19.8 Å². The van der Waals surface area contributed by atoms with Crippen LogP contribution in [-0.2, 0) is 6.42 Å². The maximum absolute atomic E-state index is 5.79. The molecule has 1 aromatic carbocycles. The van der Waals surface area contributed by atoms with Crippen LogP contribution < -0.4 is 14.8 Å². The lowest BCUT2D eigenvalue weighted by molar-refractivity contribution is 0.286. The van der Waals surface area contributed by atoms with E-state index < -0.39 is 0 Å². The zero-order chi connectivity index (χ0) is 16.2. The number of hydrogen-bond acceptors (Lipinski definition) is 4. The zero-order valence-corrected chi connectivity index (χ0v) is 14.1. The molecular weight excluding hydrogens is 288 g/mol.